The van der Waals surface area contributed by atoms with E-state index >= 15 is 0 Å². The Morgan fingerprint density at radius 2 is 1.31 bits per heavy atom. The molecule has 64 valence electrons. The molecule has 0 radical (unpaired) electrons. The molecule has 0 heterocycles. The molecular weight excluding hydrogens is 202 g/mol. The molecule has 13 heavy (non-hydrogen) atoms. The van der Waals surface area contributed by atoms with Crippen LogP contribution in [-0.2, 0) is 19.2 Å². The number of hydrogen-bond donors (Lipinski definition) is 2. The number of carboxylic acid groups (broad SMARTS) is 2. The van der Waals surface area contributed by atoms with Crippen LogP contribution in [0.4, 0.5) is 0 Å². The fraction of sp³-hybridized carbons (Fsp3) is 0.200. The van der Waals surface area contributed by atoms with Crippen molar-refractivity contribution in [3.05, 3.63) is 0 Å². The van der Waals surface area contributed by atoms with Crippen molar-refractivity contribution in [2.45, 2.75) is 6.42 Å². The third-order valence-electron chi connectivity index (χ3n) is 0.759. The van der Waals surface area contributed by atoms with E-state index in [0.717, 1.165) is 0 Å². The number of carboxylic acids is 2. The molecule has 0 amide bonds. The van der Waals surface area contributed by atoms with E-state index in [9.17, 15) is 19.2 Å². The summed E-state index contributed by atoms with van der Waals surface area (Å²) < 4.78 is 0. The molecule has 0 saturated carbocycles. The molecule has 0 spiro atoms. The molecule has 0 bridgehead atoms. The first-order valence-electron chi connectivity index (χ1n) is 2.47. The summed E-state index contributed by atoms with van der Waals surface area (Å²) in [6, 6.07) is 0. The first-order chi connectivity index (χ1) is 4.95. The summed E-state index contributed by atoms with van der Waals surface area (Å²) >= 11 is 0. The average Bonchev–Trinajstić information content (AvgIpc) is 1.84. The van der Waals surface area contributed by atoms with Gasteiger partial charge in [0.25, 0.3) is 0 Å². The number of Topliss-reactive ketones (excluding diaryl/α,β-unsaturated/α-hetero) is 2. The molecular formula is C5H6Na2O6. The predicted octanol–water partition coefficient (Wildman–Crippen LogP) is -2.61. The number of carbonyl (C=O) groups excluding carboxylic acids is 2. The molecule has 0 unspecified atom stereocenters. The minimum atomic E-state index is -1.93. The van der Waals surface area contributed by atoms with E-state index in [-0.39, 0.29) is 59.1 Å². The standard InChI is InChI=1S/C5H4O6.2Na.2H/c6-2(1-3(7)8)4(9)5(10)11;;;;/h1H2,(H,7,8)(H,10,11);;;;. The summed E-state index contributed by atoms with van der Waals surface area (Å²) in [6.45, 7) is 0. The van der Waals surface area contributed by atoms with Gasteiger partial charge in [-0.05, 0) is 0 Å². The molecule has 8 heteroatoms. The van der Waals surface area contributed by atoms with Crippen LogP contribution in [-0.4, -0.2) is 92.8 Å². The van der Waals surface area contributed by atoms with Crippen LogP contribution in [0.5, 0.6) is 0 Å². The van der Waals surface area contributed by atoms with E-state index in [0.29, 0.717) is 0 Å². The summed E-state index contributed by atoms with van der Waals surface area (Å²) in [5, 5.41) is 15.9. The van der Waals surface area contributed by atoms with Gasteiger partial charge >= 0.3 is 76.8 Å². The number of rotatable bonds is 4. The summed E-state index contributed by atoms with van der Waals surface area (Å²) in [5.74, 6) is -6.58. The van der Waals surface area contributed by atoms with Gasteiger partial charge in [0.2, 0.25) is 5.78 Å². The molecule has 0 atom stereocenters. The van der Waals surface area contributed by atoms with Crippen molar-refractivity contribution in [3.63, 3.8) is 0 Å². The Hall–Kier alpha value is 0.280. The fourth-order valence-corrected chi connectivity index (χ4v) is 0.337. The molecule has 0 aliphatic rings. The van der Waals surface area contributed by atoms with Gasteiger partial charge in [-0.2, -0.15) is 0 Å². The fourth-order valence-electron chi connectivity index (χ4n) is 0.337. The zero-order valence-corrected chi connectivity index (χ0v) is 5.23. The molecule has 0 saturated heterocycles. The van der Waals surface area contributed by atoms with Crippen LogP contribution in [0.2, 0.25) is 0 Å². The quantitative estimate of drug-likeness (QED) is 0.297. The SMILES string of the molecule is O=C(O)CC(=O)C(=O)C(=O)O.[NaH].[NaH]. The molecule has 6 nitrogen and oxygen atoms in total. The van der Waals surface area contributed by atoms with Gasteiger partial charge in [0.15, 0.2) is 0 Å². The first-order valence-corrected chi connectivity index (χ1v) is 2.47. The van der Waals surface area contributed by atoms with Crippen molar-refractivity contribution in [2.75, 3.05) is 0 Å². The van der Waals surface area contributed by atoms with Gasteiger partial charge < -0.3 is 10.2 Å². The van der Waals surface area contributed by atoms with Crippen LogP contribution < -0.4 is 0 Å². The van der Waals surface area contributed by atoms with Crippen molar-refractivity contribution in [1.82, 2.24) is 0 Å². The Morgan fingerprint density at radius 1 is 0.923 bits per heavy atom. The Morgan fingerprint density at radius 3 is 1.54 bits per heavy atom. The monoisotopic (exact) mass is 208 g/mol. The van der Waals surface area contributed by atoms with Gasteiger partial charge in [-0.1, -0.05) is 0 Å². The zero-order valence-electron chi connectivity index (χ0n) is 5.23. The second-order valence-electron chi connectivity index (χ2n) is 1.63. The van der Waals surface area contributed by atoms with Crippen LogP contribution in [0.3, 0.4) is 0 Å². The molecule has 0 aliphatic heterocycles. The molecule has 0 rings (SSSR count). The second kappa shape index (κ2) is 8.86. The van der Waals surface area contributed by atoms with Gasteiger partial charge in [0.05, 0.1) is 0 Å². The maximum atomic E-state index is 10.3. The van der Waals surface area contributed by atoms with Crippen molar-refractivity contribution in [3.8, 4) is 0 Å². The third-order valence-corrected chi connectivity index (χ3v) is 0.759. The molecule has 2 N–H and O–H groups in total. The van der Waals surface area contributed by atoms with E-state index in [4.69, 9.17) is 10.2 Å². The van der Waals surface area contributed by atoms with E-state index in [1.807, 2.05) is 0 Å². The molecule has 0 aromatic rings. The Balaban J connectivity index is -0.000000500. The Kier molecular flexibility index (Phi) is 12.9. The topological polar surface area (TPSA) is 109 Å². The van der Waals surface area contributed by atoms with Crippen LogP contribution in [0.25, 0.3) is 0 Å². The number of ketones is 2. The zero-order chi connectivity index (χ0) is 9.02. The molecule has 0 fully saturated rings. The third kappa shape index (κ3) is 8.61. The van der Waals surface area contributed by atoms with E-state index < -0.39 is 29.9 Å². The van der Waals surface area contributed by atoms with Gasteiger partial charge in [0, 0.05) is 0 Å². The van der Waals surface area contributed by atoms with Gasteiger partial charge in [-0.15, -0.1) is 0 Å². The van der Waals surface area contributed by atoms with Crippen LogP contribution in [0.1, 0.15) is 6.42 Å². The van der Waals surface area contributed by atoms with E-state index in [1.165, 1.54) is 0 Å². The minimum absolute atomic E-state index is 0. The summed E-state index contributed by atoms with van der Waals surface area (Å²) in [7, 11) is 0. The summed E-state index contributed by atoms with van der Waals surface area (Å²) in [6.07, 6.45) is -1.08. The Bertz CT molecular complexity index is 235. The average molecular weight is 208 g/mol. The maximum absolute atomic E-state index is 10.3. The van der Waals surface area contributed by atoms with Gasteiger partial charge in [0.1, 0.15) is 6.42 Å². The van der Waals surface area contributed by atoms with Gasteiger partial charge in [-0.25, -0.2) is 4.79 Å². The van der Waals surface area contributed by atoms with Crippen molar-refractivity contribution in [2.24, 2.45) is 0 Å². The number of hydrogen-bond acceptors (Lipinski definition) is 4. The van der Waals surface area contributed by atoms with Crippen LogP contribution in [0, 0.1) is 0 Å². The number of carbonyl (C=O) groups is 4. The van der Waals surface area contributed by atoms with Crippen molar-refractivity contribution >= 4 is 82.6 Å². The second-order valence-corrected chi connectivity index (χ2v) is 1.63. The normalized spacial score (nSPS) is 7.38. The van der Waals surface area contributed by atoms with Crippen molar-refractivity contribution < 1.29 is 29.4 Å². The van der Waals surface area contributed by atoms with Crippen LogP contribution >= 0.6 is 0 Å². The van der Waals surface area contributed by atoms with Crippen LogP contribution in [0.15, 0.2) is 0 Å². The molecule has 0 aromatic carbocycles. The molecule has 0 aromatic heterocycles. The first kappa shape index (κ1) is 18.9. The van der Waals surface area contributed by atoms with E-state index in [1.54, 1.807) is 0 Å². The molecule has 0 aliphatic carbocycles. The summed E-state index contributed by atoms with van der Waals surface area (Å²) in [5.41, 5.74) is 0. The Labute approximate surface area is 117 Å². The van der Waals surface area contributed by atoms with E-state index in [2.05, 4.69) is 0 Å². The van der Waals surface area contributed by atoms with Gasteiger partial charge in [-0.3, -0.25) is 14.4 Å². The summed E-state index contributed by atoms with van der Waals surface area (Å²) in [4.78, 5) is 40.0. The van der Waals surface area contributed by atoms with Crippen molar-refractivity contribution in [1.29, 1.82) is 0 Å². The predicted molar refractivity (Wildman–Crippen MR) is 44.2 cm³/mol. The number of aliphatic carboxylic acids is 2.